The van der Waals surface area contributed by atoms with Crippen molar-refractivity contribution in [2.24, 2.45) is 0 Å². The number of allylic oxidation sites excluding steroid dienone is 10. The minimum atomic E-state index is -2.17. The molecule has 4 aliphatic carbocycles. The van der Waals surface area contributed by atoms with Crippen molar-refractivity contribution in [3.63, 3.8) is 0 Å². The first-order valence-electron chi connectivity index (χ1n) is 11.8. The molecule has 2 aromatic rings. The topological polar surface area (TPSA) is 0 Å². The van der Waals surface area contributed by atoms with Crippen molar-refractivity contribution >= 4 is 37.3 Å². The molecule has 0 spiro atoms. The van der Waals surface area contributed by atoms with Gasteiger partial charge in [-0.3, -0.25) is 0 Å². The molecule has 0 saturated heterocycles. The Kier molecular flexibility index (Phi) is 7.47. The molecule has 0 nitrogen and oxygen atoms in total. The number of hydrogen-bond acceptors (Lipinski definition) is 0. The van der Waals surface area contributed by atoms with Gasteiger partial charge in [0.25, 0.3) is 0 Å². The van der Waals surface area contributed by atoms with Crippen LogP contribution in [0.3, 0.4) is 0 Å². The summed E-state index contributed by atoms with van der Waals surface area (Å²) in [4.78, 5) is 0. The Balaban J connectivity index is 0.00000137. The number of hydrogen-bond donors (Lipinski definition) is 0. The first-order chi connectivity index (χ1) is 15.5. The Morgan fingerprint density at radius 3 is 1.50 bits per heavy atom. The molecular formula is C30H31Cl2SiZr. The van der Waals surface area contributed by atoms with Crippen molar-refractivity contribution < 1.29 is 20.9 Å². The molecule has 6 rings (SSSR count). The molecule has 173 valence electrons. The molecule has 2 atom stereocenters. The molecule has 0 N–H and O–H groups in total. The van der Waals surface area contributed by atoms with Gasteiger partial charge in [-0.2, -0.15) is 0 Å². The van der Waals surface area contributed by atoms with E-state index in [1.165, 1.54) is 22.3 Å². The Hall–Kier alpha value is -1.44. The molecule has 0 fully saturated rings. The summed E-state index contributed by atoms with van der Waals surface area (Å²) in [5, 5.41) is 0. The molecule has 0 heterocycles. The van der Waals surface area contributed by atoms with Crippen molar-refractivity contribution in [2.45, 2.75) is 38.8 Å². The van der Waals surface area contributed by atoms with E-state index in [1.54, 1.807) is 28.8 Å². The van der Waals surface area contributed by atoms with Crippen molar-refractivity contribution in [2.75, 3.05) is 0 Å². The van der Waals surface area contributed by atoms with Gasteiger partial charge < -0.3 is 0 Å². The number of halogens is 2. The molecule has 4 heteroatoms. The van der Waals surface area contributed by atoms with Crippen molar-refractivity contribution in [1.82, 2.24) is 0 Å². The Morgan fingerprint density at radius 2 is 1.09 bits per heavy atom. The fraction of sp³-hybridized carbons (Fsp3) is 0.200. The molecule has 0 amide bonds. The van der Waals surface area contributed by atoms with Gasteiger partial charge in [0.2, 0.25) is 0 Å². The molecule has 0 saturated carbocycles. The van der Waals surface area contributed by atoms with Gasteiger partial charge in [0.1, 0.15) is 0 Å². The van der Waals surface area contributed by atoms with E-state index in [4.69, 9.17) is 0 Å². The second kappa shape index (κ2) is 9.90. The van der Waals surface area contributed by atoms with E-state index in [9.17, 15) is 0 Å². The van der Waals surface area contributed by atoms with Crippen LogP contribution in [0.2, 0.25) is 13.1 Å². The van der Waals surface area contributed by atoms with Crippen LogP contribution < -0.4 is 0 Å². The predicted octanol–water partition coefficient (Wildman–Crippen LogP) is 8.32. The van der Waals surface area contributed by atoms with Gasteiger partial charge in [-0.05, 0) is 0 Å². The second-order valence-electron chi connectivity index (χ2n) is 9.85. The van der Waals surface area contributed by atoms with E-state index in [0.29, 0.717) is 11.8 Å². The molecule has 0 bridgehead atoms. The summed E-state index contributed by atoms with van der Waals surface area (Å²) in [7, 11) is 0. The van der Waals surface area contributed by atoms with Gasteiger partial charge in [-0.15, -0.1) is 24.8 Å². The summed E-state index contributed by atoms with van der Waals surface area (Å²) >= 11 is -2.17. The van der Waals surface area contributed by atoms with E-state index in [1.807, 2.05) is 0 Å². The third-order valence-corrected chi connectivity index (χ3v) is 25.8. The zero-order valence-electron chi connectivity index (χ0n) is 20.1. The van der Waals surface area contributed by atoms with Crippen LogP contribution in [0.15, 0.2) is 96.2 Å². The fourth-order valence-corrected chi connectivity index (χ4v) is 25.3. The maximum Gasteiger partial charge on any atom is -0.147 e. The second-order valence-corrected chi connectivity index (χ2v) is 28.6. The first-order valence-corrected chi connectivity index (χ1v) is 21.4. The van der Waals surface area contributed by atoms with Gasteiger partial charge in [0.15, 0.2) is 0 Å². The van der Waals surface area contributed by atoms with Crippen LogP contribution in [0, 0.1) is 13.8 Å². The molecule has 0 aliphatic heterocycles. The summed E-state index contributed by atoms with van der Waals surface area (Å²) in [6.45, 7) is 9.78. The standard InChI is InChI=1S/2C14H11.C2H7Si.2ClH.Zr/c2*1-10-6-7-14-12(8-10)9-11-4-2-3-5-13(11)14;1-3-2;;;/h2*2-8,13H,1H3;3H,1-2H3;2*1H;. The Labute approximate surface area is 225 Å². The zero-order chi connectivity index (χ0) is 22.0. The van der Waals surface area contributed by atoms with Gasteiger partial charge in [0, 0.05) is 0 Å². The largest absolute Gasteiger partial charge is 0.147 e. The first kappa shape index (κ1) is 25.6. The fourth-order valence-electron chi connectivity index (χ4n) is 6.03. The molecule has 4 aliphatic rings. The van der Waals surface area contributed by atoms with Crippen LogP contribution in [0.5, 0.6) is 0 Å². The number of fused-ring (bicyclic) bond motifs is 6. The third kappa shape index (κ3) is 3.92. The molecule has 0 radical (unpaired) electrons. The van der Waals surface area contributed by atoms with Gasteiger partial charge in [0.05, 0.1) is 0 Å². The van der Waals surface area contributed by atoms with Crippen molar-refractivity contribution in [3.05, 3.63) is 130 Å². The summed E-state index contributed by atoms with van der Waals surface area (Å²) in [6, 6.07) is 14.4. The maximum atomic E-state index is 2.63. The van der Waals surface area contributed by atoms with Crippen LogP contribution in [0.1, 0.15) is 45.2 Å². The summed E-state index contributed by atoms with van der Waals surface area (Å²) in [5.74, 6) is -0.000789. The average Bonchev–Trinajstić information content (AvgIpc) is 3.27. The molecular weight excluding hydrogens is 551 g/mol. The SMILES string of the molecule is Cc1ccc2c(c1)[C]([Zr]([C]1=C3C=CC=CC3c3ccc(C)cc31)[SiH](C)C)=C1C=CC=CC12.Cl.Cl. The van der Waals surface area contributed by atoms with E-state index in [-0.39, 0.29) is 24.8 Å². The monoisotopic (exact) mass is 579 g/mol. The van der Waals surface area contributed by atoms with Gasteiger partial charge >= 0.3 is 202 Å². The predicted molar refractivity (Wildman–Crippen MR) is 152 cm³/mol. The quantitative estimate of drug-likeness (QED) is 0.320. The normalized spacial score (nSPS) is 20.6. The summed E-state index contributed by atoms with van der Waals surface area (Å²) in [6.07, 6.45) is 18.8. The average molecular weight is 582 g/mol. The third-order valence-electron chi connectivity index (χ3n) is 7.37. The van der Waals surface area contributed by atoms with Crippen LogP contribution in [0.25, 0.3) is 6.56 Å². The molecule has 0 aromatic heterocycles. The van der Waals surface area contributed by atoms with Crippen molar-refractivity contribution in [1.29, 1.82) is 0 Å². The van der Waals surface area contributed by atoms with E-state index < -0.39 is 26.8 Å². The maximum absolute atomic E-state index is 2.63. The summed E-state index contributed by atoms with van der Waals surface area (Å²) in [5.41, 5.74) is 12.3. The van der Waals surface area contributed by atoms with E-state index in [0.717, 1.165) is 0 Å². The number of benzene rings is 2. The summed E-state index contributed by atoms with van der Waals surface area (Å²) < 4.78 is 3.61. The van der Waals surface area contributed by atoms with Gasteiger partial charge in [-0.1, -0.05) is 0 Å². The van der Waals surface area contributed by atoms with E-state index >= 15 is 0 Å². The number of rotatable bonds is 3. The molecule has 2 aromatic carbocycles. The zero-order valence-corrected chi connectivity index (χ0v) is 25.4. The van der Waals surface area contributed by atoms with Crippen LogP contribution >= 0.6 is 24.8 Å². The van der Waals surface area contributed by atoms with E-state index in [2.05, 4.69) is 112 Å². The Morgan fingerprint density at radius 1 is 0.647 bits per heavy atom. The van der Waals surface area contributed by atoms with Gasteiger partial charge in [-0.25, -0.2) is 0 Å². The minimum absolute atomic E-state index is 0. The Bertz CT molecular complexity index is 1240. The molecule has 34 heavy (non-hydrogen) atoms. The van der Waals surface area contributed by atoms with Crippen LogP contribution in [-0.2, 0) is 20.9 Å². The van der Waals surface area contributed by atoms with Crippen LogP contribution in [0.4, 0.5) is 0 Å². The number of aryl methyl sites for hydroxylation is 2. The smallest absolute Gasteiger partial charge is 0.147 e. The molecule has 2 unspecified atom stereocenters. The van der Waals surface area contributed by atoms with Crippen molar-refractivity contribution in [3.8, 4) is 0 Å². The minimum Gasteiger partial charge on any atom is -0.147 e. The van der Waals surface area contributed by atoms with Crippen LogP contribution in [-0.4, -0.2) is 5.92 Å².